The Morgan fingerprint density at radius 3 is 1.23 bits per heavy atom. The van der Waals surface area contributed by atoms with E-state index in [1.165, 1.54) is 22.3 Å². The van der Waals surface area contributed by atoms with Crippen LogP contribution < -0.4 is 29.6 Å². The van der Waals surface area contributed by atoms with E-state index in [-0.39, 0.29) is 0 Å². The number of hydrogen-bond donors (Lipinski definition) is 2. The number of ether oxygens (including phenoxy) is 4. The zero-order valence-corrected chi connectivity index (χ0v) is 38.3. The molecule has 2 fully saturated rings. The molecule has 4 aromatic heterocycles. The second-order valence-corrected chi connectivity index (χ2v) is 16.4. The molecule has 6 heterocycles. The second-order valence-electron chi connectivity index (χ2n) is 16.4. The summed E-state index contributed by atoms with van der Waals surface area (Å²) in [6, 6.07) is 24.7. The highest BCUT2D eigenvalue weighted by Crippen LogP contribution is 2.38. The molecule has 0 atom stereocenters. The van der Waals surface area contributed by atoms with Gasteiger partial charge in [0.25, 0.3) is 0 Å². The maximum atomic E-state index is 5.56. The van der Waals surface area contributed by atoms with Gasteiger partial charge in [0.05, 0.1) is 86.7 Å². The average Bonchev–Trinajstić information content (AvgIpc) is 4.02. The predicted molar refractivity (Wildman–Crippen MR) is 259 cm³/mol. The molecule has 0 bridgehead atoms. The summed E-state index contributed by atoms with van der Waals surface area (Å²) >= 11 is 0. The minimum Gasteiger partial charge on any atom is -0.497 e. The van der Waals surface area contributed by atoms with Crippen LogP contribution in [0.5, 0.6) is 23.0 Å². The van der Waals surface area contributed by atoms with E-state index in [0.717, 1.165) is 142 Å². The molecule has 8 aromatic rings. The maximum absolute atomic E-state index is 5.56. The Bertz CT molecular complexity index is 2830. The molecule has 2 N–H and O–H groups in total. The van der Waals surface area contributed by atoms with Crippen molar-refractivity contribution in [1.29, 1.82) is 0 Å². The van der Waals surface area contributed by atoms with Gasteiger partial charge in [0.1, 0.15) is 23.0 Å². The second kappa shape index (κ2) is 19.8. The Labute approximate surface area is 384 Å². The van der Waals surface area contributed by atoms with Gasteiger partial charge in [0.2, 0.25) is 0 Å². The molecule has 2 saturated heterocycles. The Kier molecular flexibility index (Phi) is 13.1. The summed E-state index contributed by atoms with van der Waals surface area (Å²) in [4.78, 5) is 19.1. The molecule has 0 aliphatic carbocycles. The fourth-order valence-corrected chi connectivity index (χ4v) is 8.71. The lowest BCUT2D eigenvalue weighted by atomic mass is 9.89. The number of aromatic nitrogens is 8. The summed E-state index contributed by atoms with van der Waals surface area (Å²) in [5.41, 5.74) is 16.4. The van der Waals surface area contributed by atoms with E-state index in [1.54, 1.807) is 50.2 Å². The minimum atomic E-state index is 0.769. The highest BCUT2D eigenvalue weighted by Gasteiger charge is 2.20. The fourth-order valence-electron chi connectivity index (χ4n) is 8.71. The van der Waals surface area contributed by atoms with Crippen LogP contribution in [0.4, 0.5) is 0 Å². The lowest BCUT2D eigenvalue weighted by molar-refractivity contribution is 0.394. The fraction of sp³-hybridized carbons (Fsp3) is 0.269. The van der Waals surface area contributed by atoms with Crippen molar-refractivity contribution in [1.82, 2.24) is 50.1 Å². The van der Waals surface area contributed by atoms with Crippen molar-refractivity contribution < 1.29 is 18.9 Å². The summed E-state index contributed by atoms with van der Waals surface area (Å²) in [5, 5.41) is 15.6. The molecule has 2 aliphatic heterocycles. The van der Waals surface area contributed by atoms with Gasteiger partial charge >= 0.3 is 0 Å². The van der Waals surface area contributed by atoms with Gasteiger partial charge in [-0.3, -0.25) is 19.3 Å². The van der Waals surface area contributed by atoms with Gasteiger partial charge in [-0.25, -0.2) is 9.97 Å². The summed E-state index contributed by atoms with van der Waals surface area (Å²) in [6.07, 6.45) is 15.4. The first-order valence-corrected chi connectivity index (χ1v) is 22.1. The maximum Gasteiger partial charge on any atom is 0.123 e. The van der Waals surface area contributed by atoms with E-state index >= 15 is 0 Å². The Morgan fingerprint density at radius 1 is 0.485 bits per heavy atom. The van der Waals surface area contributed by atoms with E-state index < -0.39 is 0 Å². The lowest BCUT2D eigenvalue weighted by Crippen LogP contribution is -2.24. The Morgan fingerprint density at radius 2 is 0.894 bits per heavy atom. The molecule has 0 unspecified atom stereocenters. The first-order valence-electron chi connectivity index (χ1n) is 22.1. The zero-order chi connectivity index (χ0) is 45.6. The van der Waals surface area contributed by atoms with E-state index in [0.29, 0.717) is 0 Å². The SMILES string of the molecule is COc1cc(OC)cc(/C(=C2/CCCNC2)c2ccc3ncc(-c4cnn(C)c4)nc3c2)c1.COc1cc(OC)cc(/C(=C2\CCCNC2)c2ccc3ncc(-c4cnn(C)c4)nc3c2)c1. The number of nitrogens with one attached hydrogen (secondary N) is 2. The quantitative estimate of drug-likeness (QED) is 0.136. The summed E-state index contributed by atoms with van der Waals surface area (Å²) in [5.74, 6) is 3.08. The summed E-state index contributed by atoms with van der Waals surface area (Å²) in [6.45, 7) is 3.79. The minimum absolute atomic E-state index is 0.769. The molecule has 336 valence electrons. The van der Waals surface area contributed by atoms with Gasteiger partial charge in [-0.05, 0) is 132 Å². The standard InChI is InChI=1S/2C26H27N5O2/c2*1-31-16-20(14-29-31)25-15-28-23-7-6-17(11-24(23)30-25)26(18-5-4-8-27-13-18)19-9-21(32-2)12-22(10-19)33-3/h2*6-7,9-12,14-16,27H,4-5,8,13H2,1-3H3/b26-18+;26-18-. The summed E-state index contributed by atoms with van der Waals surface area (Å²) in [7, 11) is 10.5. The number of piperidine rings is 2. The van der Waals surface area contributed by atoms with Crippen LogP contribution in [0, 0.1) is 0 Å². The van der Waals surface area contributed by atoms with Gasteiger partial charge in [-0.15, -0.1) is 0 Å². The van der Waals surface area contributed by atoms with Crippen molar-refractivity contribution in [2.75, 3.05) is 54.6 Å². The Hall–Kier alpha value is -7.42. The number of aryl methyl sites for hydroxylation is 2. The number of benzene rings is 4. The molecule has 14 nitrogen and oxygen atoms in total. The van der Waals surface area contributed by atoms with Crippen LogP contribution in [-0.4, -0.2) is 94.1 Å². The molecule has 14 heteroatoms. The molecule has 0 radical (unpaired) electrons. The van der Waals surface area contributed by atoms with Crippen molar-refractivity contribution in [3.05, 3.63) is 143 Å². The molecule has 0 spiro atoms. The van der Waals surface area contributed by atoms with Crippen molar-refractivity contribution in [2.45, 2.75) is 25.7 Å². The van der Waals surface area contributed by atoms with E-state index in [2.05, 4.69) is 79.3 Å². The van der Waals surface area contributed by atoms with Crippen LogP contribution in [0.2, 0.25) is 0 Å². The molecular weight excluding hydrogens is 829 g/mol. The number of fused-ring (bicyclic) bond motifs is 2. The molecule has 0 amide bonds. The Balaban J connectivity index is 0.000000166. The van der Waals surface area contributed by atoms with Gasteiger partial charge in [-0.2, -0.15) is 10.2 Å². The zero-order valence-electron chi connectivity index (χ0n) is 38.3. The first kappa shape index (κ1) is 43.8. The molecule has 10 rings (SSSR count). The summed E-state index contributed by atoms with van der Waals surface area (Å²) < 4.78 is 25.8. The lowest BCUT2D eigenvalue weighted by Gasteiger charge is -2.22. The van der Waals surface area contributed by atoms with E-state index in [4.69, 9.17) is 28.9 Å². The molecular formula is C52H54N10O4. The van der Waals surface area contributed by atoms with Crippen molar-refractivity contribution in [2.24, 2.45) is 14.1 Å². The van der Waals surface area contributed by atoms with Crippen LogP contribution in [0.3, 0.4) is 0 Å². The molecule has 2 aliphatic rings. The van der Waals surface area contributed by atoms with Crippen LogP contribution in [0.15, 0.2) is 121 Å². The molecule has 66 heavy (non-hydrogen) atoms. The topological polar surface area (TPSA) is 148 Å². The van der Waals surface area contributed by atoms with Gasteiger partial charge in [0, 0.05) is 62.8 Å². The van der Waals surface area contributed by atoms with E-state index in [9.17, 15) is 0 Å². The normalized spacial score (nSPS) is 15.5. The molecule has 0 saturated carbocycles. The number of methoxy groups -OCH3 is 4. The average molecular weight is 883 g/mol. The number of hydrogen-bond acceptors (Lipinski definition) is 12. The monoisotopic (exact) mass is 882 g/mol. The van der Waals surface area contributed by atoms with Crippen molar-refractivity contribution in [3.63, 3.8) is 0 Å². The van der Waals surface area contributed by atoms with Crippen LogP contribution in [-0.2, 0) is 14.1 Å². The van der Waals surface area contributed by atoms with Crippen molar-refractivity contribution in [3.8, 4) is 45.5 Å². The first-order chi connectivity index (χ1) is 32.3. The van der Waals surface area contributed by atoms with Crippen LogP contribution >= 0.6 is 0 Å². The van der Waals surface area contributed by atoms with E-state index in [1.807, 2.05) is 63.1 Å². The smallest absolute Gasteiger partial charge is 0.123 e. The third kappa shape index (κ3) is 9.65. The molecule has 4 aromatic carbocycles. The third-order valence-electron chi connectivity index (χ3n) is 12.0. The highest BCUT2D eigenvalue weighted by molar-refractivity contribution is 5.90. The predicted octanol–water partition coefficient (Wildman–Crippen LogP) is 8.47. The van der Waals surface area contributed by atoms with Crippen LogP contribution in [0.1, 0.15) is 47.9 Å². The number of rotatable bonds is 10. The van der Waals surface area contributed by atoms with Gasteiger partial charge < -0.3 is 29.6 Å². The number of nitrogens with zero attached hydrogens (tertiary/aromatic N) is 8. The van der Waals surface area contributed by atoms with Gasteiger partial charge in [0.15, 0.2) is 0 Å². The third-order valence-corrected chi connectivity index (χ3v) is 12.0. The van der Waals surface area contributed by atoms with Gasteiger partial charge in [-0.1, -0.05) is 12.1 Å². The van der Waals surface area contributed by atoms with Crippen molar-refractivity contribution >= 4 is 33.2 Å². The largest absolute Gasteiger partial charge is 0.497 e. The highest BCUT2D eigenvalue weighted by atomic mass is 16.5. The van der Waals surface area contributed by atoms with Crippen LogP contribution in [0.25, 0.3) is 55.7 Å².